The van der Waals surface area contributed by atoms with Crippen LogP contribution in [-0.2, 0) is 26.5 Å². The minimum atomic E-state index is -0.626. The lowest BCUT2D eigenvalue weighted by Gasteiger charge is -2.21. The van der Waals surface area contributed by atoms with E-state index in [1.807, 2.05) is 54.2 Å². The summed E-state index contributed by atoms with van der Waals surface area (Å²) in [5.74, 6) is -0.334. The number of carbonyl (C=O) groups is 2. The predicted molar refractivity (Wildman–Crippen MR) is 118 cm³/mol. The van der Waals surface area contributed by atoms with Crippen LogP contribution < -0.4 is 10.6 Å². The molecule has 0 bridgehead atoms. The third-order valence-electron chi connectivity index (χ3n) is 4.82. The molecule has 1 aliphatic heterocycles. The lowest BCUT2D eigenvalue weighted by atomic mass is 10.1. The standard InChI is InChI=1S/C23H28N2O3S/c26-22(24-13-5-9-18-6-2-1-3-7-18)23(27)25-20-10-4-8-19(16-20)17-29-21-11-14-28-15-12-21/h1-4,6-8,10,16,21H,5,9,11-15,17H2,(H,24,26)(H,25,27). The zero-order valence-corrected chi connectivity index (χ0v) is 17.4. The molecular weight excluding hydrogens is 384 g/mol. The molecule has 2 aromatic carbocycles. The first kappa shape index (κ1) is 21.4. The van der Waals surface area contributed by atoms with E-state index in [0.29, 0.717) is 17.5 Å². The highest BCUT2D eigenvalue weighted by molar-refractivity contribution is 7.99. The van der Waals surface area contributed by atoms with Crippen molar-refractivity contribution in [2.45, 2.75) is 36.7 Å². The fourth-order valence-electron chi connectivity index (χ4n) is 3.20. The average Bonchev–Trinajstić information content (AvgIpc) is 2.77. The van der Waals surface area contributed by atoms with Gasteiger partial charge in [0.2, 0.25) is 0 Å². The minimum absolute atomic E-state index is 0.475. The molecule has 0 aliphatic carbocycles. The highest BCUT2D eigenvalue weighted by Gasteiger charge is 2.15. The summed E-state index contributed by atoms with van der Waals surface area (Å²) in [4.78, 5) is 24.2. The van der Waals surface area contributed by atoms with Crippen molar-refractivity contribution in [1.82, 2.24) is 5.32 Å². The number of ether oxygens (including phenoxy) is 1. The second kappa shape index (κ2) is 11.6. The van der Waals surface area contributed by atoms with Crippen LogP contribution in [0, 0.1) is 0 Å². The molecule has 6 heteroatoms. The van der Waals surface area contributed by atoms with Crippen LogP contribution in [0.1, 0.15) is 30.4 Å². The molecule has 154 valence electrons. The first-order valence-corrected chi connectivity index (χ1v) is 11.2. The molecule has 2 amide bonds. The molecule has 3 rings (SSSR count). The molecule has 0 aromatic heterocycles. The van der Waals surface area contributed by atoms with Crippen molar-refractivity contribution in [3.05, 3.63) is 65.7 Å². The zero-order valence-electron chi connectivity index (χ0n) is 16.6. The van der Waals surface area contributed by atoms with E-state index in [0.717, 1.165) is 50.2 Å². The van der Waals surface area contributed by atoms with Gasteiger partial charge in [-0.05, 0) is 48.9 Å². The highest BCUT2D eigenvalue weighted by atomic mass is 32.2. The predicted octanol–water partition coefficient (Wildman–Crippen LogP) is 3.79. The SMILES string of the molecule is O=C(NCCCc1ccccc1)C(=O)Nc1cccc(CSC2CCOCC2)c1. The molecule has 0 radical (unpaired) electrons. The summed E-state index contributed by atoms with van der Waals surface area (Å²) in [6, 6.07) is 17.8. The van der Waals surface area contributed by atoms with Gasteiger partial charge in [-0.2, -0.15) is 11.8 Å². The maximum Gasteiger partial charge on any atom is 0.313 e. The van der Waals surface area contributed by atoms with Crippen LogP contribution in [0.3, 0.4) is 0 Å². The number of rotatable bonds is 8. The lowest BCUT2D eigenvalue weighted by Crippen LogP contribution is -2.36. The van der Waals surface area contributed by atoms with Gasteiger partial charge >= 0.3 is 11.8 Å². The van der Waals surface area contributed by atoms with E-state index in [1.54, 1.807) is 0 Å². The van der Waals surface area contributed by atoms with Gasteiger partial charge in [0.05, 0.1) is 0 Å². The second-order valence-electron chi connectivity index (χ2n) is 7.12. The molecule has 1 fully saturated rings. The van der Waals surface area contributed by atoms with Crippen LogP contribution in [0.15, 0.2) is 54.6 Å². The van der Waals surface area contributed by atoms with Crippen LogP contribution in [0.5, 0.6) is 0 Å². The number of carbonyl (C=O) groups excluding carboxylic acids is 2. The number of thioether (sulfide) groups is 1. The van der Waals surface area contributed by atoms with Crippen LogP contribution in [-0.4, -0.2) is 36.8 Å². The van der Waals surface area contributed by atoms with Crippen LogP contribution in [0.4, 0.5) is 5.69 Å². The van der Waals surface area contributed by atoms with Gasteiger partial charge in [0.1, 0.15) is 0 Å². The normalized spacial score (nSPS) is 14.3. The number of benzene rings is 2. The van der Waals surface area contributed by atoms with E-state index in [1.165, 1.54) is 5.56 Å². The third kappa shape index (κ3) is 7.55. The number of hydrogen-bond donors (Lipinski definition) is 2. The topological polar surface area (TPSA) is 67.4 Å². The molecule has 1 saturated heterocycles. The number of aryl methyl sites for hydroxylation is 1. The quantitative estimate of drug-likeness (QED) is 0.511. The van der Waals surface area contributed by atoms with Crippen LogP contribution in [0.25, 0.3) is 0 Å². The van der Waals surface area contributed by atoms with Crippen LogP contribution >= 0.6 is 11.8 Å². The first-order valence-electron chi connectivity index (χ1n) is 10.1. The Kier molecular flexibility index (Phi) is 8.58. The molecule has 2 aromatic rings. The van der Waals surface area contributed by atoms with Crippen molar-refractivity contribution in [3.63, 3.8) is 0 Å². The van der Waals surface area contributed by atoms with Gasteiger partial charge in [0.15, 0.2) is 0 Å². The van der Waals surface area contributed by atoms with Crippen LogP contribution in [0.2, 0.25) is 0 Å². The zero-order chi connectivity index (χ0) is 20.3. The van der Waals surface area contributed by atoms with E-state index in [9.17, 15) is 9.59 Å². The van der Waals surface area contributed by atoms with Crippen molar-refractivity contribution in [2.75, 3.05) is 25.1 Å². The van der Waals surface area contributed by atoms with Crippen molar-refractivity contribution in [1.29, 1.82) is 0 Å². The monoisotopic (exact) mass is 412 g/mol. The smallest absolute Gasteiger partial charge is 0.313 e. The van der Waals surface area contributed by atoms with Gasteiger partial charge in [-0.25, -0.2) is 0 Å². The van der Waals surface area contributed by atoms with Gasteiger partial charge in [0.25, 0.3) is 0 Å². The second-order valence-corrected chi connectivity index (χ2v) is 8.41. The summed E-state index contributed by atoms with van der Waals surface area (Å²) in [5, 5.41) is 6.02. The Bertz CT molecular complexity index is 792. The Morgan fingerprint density at radius 3 is 2.52 bits per heavy atom. The van der Waals surface area contributed by atoms with E-state index in [-0.39, 0.29) is 0 Å². The number of amides is 2. The number of hydrogen-bond acceptors (Lipinski definition) is 4. The molecule has 1 heterocycles. The van der Waals surface area contributed by atoms with Gasteiger partial charge in [0, 0.05) is 36.4 Å². The fourth-order valence-corrected chi connectivity index (χ4v) is 4.34. The van der Waals surface area contributed by atoms with E-state index in [4.69, 9.17) is 4.74 Å². The van der Waals surface area contributed by atoms with Gasteiger partial charge in [-0.3, -0.25) is 9.59 Å². The maximum atomic E-state index is 12.2. The molecule has 0 unspecified atom stereocenters. The van der Waals surface area contributed by atoms with Crippen molar-refractivity contribution < 1.29 is 14.3 Å². The molecular formula is C23H28N2O3S. The Morgan fingerprint density at radius 1 is 0.966 bits per heavy atom. The largest absolute Gasteiger partial charge is 0.381 e. The Morgan fingerprint density at radius 2 is 1.72 bits per heavy atom. The number of nitrogens with one attached hydrogen (secondary N) is 2. The van der Waals surface area contributed by atoms with E-state index in [2.05, 4.69) is 22.8 Å². The Hall–Kier alpha value is -2.31. The number of anilines is 1. The lowest BCUT2D eigenvalue weighted by molar-refractivity contribution is -0.136. The van der Waals surface area contributed by atoms with Crippen molar-refractivity contribution in [2.24, 2.45) is 0 Å². The molecule has 1 aliphatic rings. The molecule has 0 saturated carbocycles. The van der Waals surface area contributed by atoms with Gasteiger partial charge in [-0.1, -0.05) is 42.5 Å². The van der Waals surface area contributed by atoms with E-state index >= 15 is 0 Å². The summed E-state index contributed by atoms with van der Waals surface area (Å²) in [5.41, 5.74) is 3.02. The Labute approximate surface area is 176 Å². The summed E-state index contributed by atoms with van der Waals surface area (Å²) in [6.07, 6.45) is 3.84. The molecule has 0 atom stereocenters. The minimum Gasteiger partial charge on any atom is -0.381 e. The molecule has 0 spiro atoms. The van der Waals surface area contributed by atoms with Crippen molar-refractivity contribution >= 4 is 29.3 Å². The van der Waals surface area contributed by atoms with E-state index < -0.39 is 11.8 Å². The van der Waals surface area contributed by atoms with Gasteiger partial charge < -0.3 is 15.4 Å². The molecule has 29 heavy (non-hydrogen) atoms. The van der Waals surface area contributed by atoms with Gasteiger partial charge in [-0.15, -0.1) is 0 Å². The molecule has 5 nitrogen and oxygen atoms in total. The maximum absolute atomic E-state index is 12.2. The van der Waals surface area contributed by atoms with Crippen molar-refractivity contribution in [3.8, 4) is 0 Å². The first-order chi connectivity index (χ1) is 14.2. The summed E-state index contributed by atoms with van der Waals surface area (Å²) in [7, 11) is 0. The average molecular weight is 413 g/mol. The molecule has 2 N–H and O–H groups in total. The third-order valence-corrected chi connectivity index (χ3v) is 6.26. The summed E-state index contributed by atoms with van der Waals surface area (Å²) < 4.78 is 5.40. The highest BCUT2D eigenvalue weighted by Crippen LogP contribution is 2.26. The Balaban J connectivity index is 1.39. The summed E-state index contributed by atoms with van der Waals surface area (Å²) in [6.45, 7) is 2.16. The fraction of sp³-hybridized carbons (Fsp3) is 0.391. The summed E-state index contributed by atoms with van der Waals surface area (Å²) >= 11 is 1.92.